The van der Waals surface area contributed by atoms with Crippen LogP contribution in [0.4, 0.5) is 21.5 Å². The van der Waals surface area contributed by atoms with Crippen molar-refractivity contribution < 1.29 is 23.5 Å². The molecule has 0 bridgehead atoms. The van der Waals surface area contributed by atoms with Gasteiger partial charge in [-0.1, -0.05) is 0 Å². The highest BCUT2D eigenvalue weighted by molar-refractivity contribution is 5.66. The predicted octanol–water partition coefficient (Wildman–Crippen LogP) is 3.45. The number of halogens is 1. The van der Waals surface area contributed by atoms with Crippen molar-refractivity contribution in [2.45, 2.75) is 12.5 Å². The molecule has 0 saturated carbocycles. The Morgan fingerprint density at radius 3 is 2.25 bits per heavy atom. The first-order valence-corrected chi connectivity index (χ1v) is 8.71. The maximum absolute atomic E-state index is 14.1. The highest BCUT2D eigenvalue weighted by atomic mass is 19.1. The zero-order valence-corrected chi connectivity index (χ0v) is 15.9. The van der Waals surface area contributed by atoms with Crippen LogP contribution < -0.4 is 24.4 Å². The molecule has 28 heavy (non-hydrogen) atoms. The smallest absolute Gasteiger partial charge is 0.327 e. The third-order valence-corrected chi connectivity index (χ3v) is 4.70. The maximum Gasteiger partial charge on any atom is 0.327 e. The Kier molecular flexibility index (Phi) is 5.72. The lowest BCUT2D eigenvalue weighted by Crippen LogP contribution is -2.26. The molecule has 1 fully saturated rings. The molecule has 0 aromatic heterocycles. The minimum absolute atomic E-state index is 0.0950. The van der Waals surface area contributed by atoms with E-state index in [1.54, 1.807) is 20.3 Å². The highest BCUT2D eigenvalue weighted by Crippen LogP contribution is 2.35. The van der Waals surface area contributed by atoms with E-state index in [4.69, 9.17) is 14.2 Å². The van der Waals surface area contributed by atoms with Gasteiger partial charge in [0, 0.05) is 55.2 Å². The maximum atomic E-state index is 14.1. The van der Waals surface area contributed by atoms with Crippen molar-refractivity contribution in [1.82, 2.24) is 0 Å². The molecular weight excluding hydrogens is 369 g/mol. The molecule has 1 unspecified atom stereocenters. The first-order chi connectivity index (χ1) is 13.4. The fourth-order valence-electron chi connectivity index (χ4n) is 3.30. The molecule has 2 aromatic carbocycles. The van der Waals surface area contributed by atoms with E-state index in [0.29, 0.717) is 18.0 Å². The SMILES string of the molecule is COc1cc(OC)cc(N2CCC(Nc3cc(OC)cc(F)c3[N+](=O)[O-])C2)c1. The van der Waals surface area contributed by atoms with Crippen LogP contribution in [0.15, 0.2) is 30.3 Å². The second-order valence-corrected chi connectivity index (χ2v) is 6.41. The summed E-state index contributed by atoms with van der Waals surface area (Å²) >= 11 is 0. The standard InChI is InChI=1S/C19H22FN3O5/c1-26-14-6-13(7-15(8-14)27-2)22-5-4-12(11-22)21-18-10-16(28-3)9-17(20)19(18)23(24)25/h6-10,12,21H,4-5,11H2,1-3H3. The van der Waals surface area contributed by atoms with E-state index in [-0.39, 0.29) is 17.5 Å². The van der Waals surface area contributed by atoms with Crippen LogP contribution in [0.5, 0.6) is 17.2 Å². The third-order valence-electron chi connectivity index (χ3n) is 4.70. The Bertz CT molecular complexity index is 855. The largest absolute Gasteiger partial charge is 0.497 e. The molecule has 2 aromatic rings. The molecule has 150 valence electrons. The van der Waals surface area contributed by atoms with E-state index in [0.717, 1.165) is 24.7 Å². The summed E-state index contributed by atoms with van der Waals surface area (Å²) in [6.07, 6.45) is 0.732. The molecule has 0 spiro atoms. The van der Waals surface area contributed by atoms with E-state index in [1.807, 2.05) is 12.1 Å². The van der Waals surface area contributed by atoms with Gasteiger partial charge in [0.05, 0.1) is 26.3 Å². The van der Waals surface area contributed by atoms with Gasteiger partial charge in [0.1, 0.15) is 22.9 Å². The van der Waals surface area contributed by atoms with Gasteiger partial charge in [-0.15, -0.1) is 0 Å². The van der Waals surface area contributed by atoms with Gasteiger partial charge >= 0.3 is 5.69 Å². The van der Waals surface area contributed by atoms with Gasteiger partial charge in [-0.05, 0) is 6.42 Å². The molecule has 9 heteroatoms. The normalized spacial score (nSPS) is 16.0. The summed E-state index contributed by atoms with van der Waals surface area (Å²) in [5.74, 6) is 0.643. The number of benzene rings is 2. The Balaban J connectivity index is 1.80. The van der Waals surface area contributed by atoms with Crippen LogP contribution in [0, 0.1) is 15.9 Å². The summed E-state index contributed by atoms with van der Waals surface area (Å²) in [5, 5.41) is 14.4. The molecule has 1 atom stereocenters. The van der Waals surface area contributed by atoms with Gasteiger partial charge in [0.25, 0.3) is 0 Å². The number of nitro groups is 1. The number of nitrogens with zero attached hydrogens (tertiary/aromatic N) is 2. The Morgan fingerprint density at radius 2 is 1.68 bits per heavy atom. The van der Waals surface area contributed by atoms with Gasteiger partial charge in [-0.25, -0.2) is 0 Å². The lowest BCUT2D eigenvalue weighted by Gasteiger charge is -2.21. The van der Waals surface area contributed by atoms with Crippen molar-refractivity contribution in [3.63, 3.8) is 0 Å². The molecular formula is C19H22FN3O5. The Hall–Kier alpha value is -3.23. The molecule has 3 rings (SSSR count). The van der Waals surface area contributed by atoms with Gasteiger partial charge in [0.2, 0.25) is 5.82 Å². The van der Waals surface area contributed by atoms with Crippen molar-refractivity contribution in [3.05, 3.63) is 46.3 Å². The van der Waals surface area contributed by atoms with Crippen molar-refractivity contribution in [2.24, 2.45) is 0 Å². The van der Waals surface area contributed by atoms with Gasteiger partial charge in [-0.2, -0.15) is 4.39 Å². The van der Waals surface area contributed by atoms with Crippen LogP contribution in [0.2, 0.25) is 0 Å². The second kappa shape index (κ2) is 8.20. The van der Waals surface area contributed by atoms with Crippen molar-refractivity contribution in [1.29, 1.82) is 0 Å². The van der Waals surface area contributed by atoms with Crippen molar-refractivity contribution in [3.8, 4) is 17.2 Å². The first kappa shape index (κ1) is 19.5. The van der Waals surface area contributed by atoms with Gasteiger partial charge in [0.15, 0.2) is 0 Å². The average Bonchev–Trinajstić information content (AvgIpc) is 3.15. The summed E-state index contributed by atoms with van der Waals surface area (Å²) in [4.78, 5) is 12.7. The van der Waals surface area contributed by atoms with Crippen LogP contribution in [-0.4, -0.2) is 45.4 Å². The monoisotopic (exact) mass is 391 g/mol. The molecule has 0 radical (unpaired) electrons. The van der Waals surface area contributed by atoms with Crippen LogP contribution >= 0.6 is 0 Å². The van der Waals surface area contributed by atoms with Crippen LogP contribution in [-0.2, 0) is 0 Å². The number of methoxy groups -OCH3 is 3. The van der Waals surface area contributed by atoms with Crippen LogP contribution in [0.1, 0.15) is 6.42 Å². The number of nitrogens with one attached hydrogen (secondary N) is 1. The van der Waals surface area contributed by atoms with Crippen LogP contribution in [0.3, 0.4) is 0 Å². The lowest BCUT2D eigenvalue weighted by molar-refractivity contribution is -0.386. The van der Waals surface area contributed by atoms with E-state index < -0.39 is 16.4 Å². The van der Waals surface area contributed by atoms with E-state index in [9.17, 15) is 14.5 Å². The summed E-state index contributed by atoms with van der Waals surface area (Å²) in [7, 11) is 4.56. The van der Waals surface area contributed by atoms with Gasteiger partial charge in [-0.3, -0.25) is 10.1 Å². The average molecular weight is 391 g/mol. The summed E-state index contributed by atoms with van der Waals surface area (Å²) in [6.45, 7) is 1.32. The molecule has 0 amide bonds. The minimum Gasteiger partial charge on any atom is -0.497 e. The number of hydrogen-bond acceptors (Lipinski definition) is 7. The highest BCUT2D eigenvalue weighted by Gasteiger charge is 2.28. The fourth-order valence-corrected chi connectivity index (χ4v) is 3.30. The predicted molar refractivity (Wildman–Crippen MR) is 103 cm³/mol. The quantitative estimate of drug-likeness (QED) is 0.571. The molecule has 1 aliphatic heterocycles. The molecule has 0 aliphatic carbocycles. The first-order valence-electron chi connectivity index (χ1n) is 8.71. The van der Waals surface area contributed by atoms with Crippen LogP contribution in [0.25, 0.3) is 0 Å². The number of nitro benzene ring substituents is 1. The van der Waals surface area contributed by atoms with E-state index >= 15 is 0 Å². The molecule has 1 saturated heterocycles. The Labute approximate surface area is 162 Å². The molecule has 8 nitrogen and oxygen atoms in total. The number of anilines is 2. The molecule has 1 N–H and O–H groups in total. The summed E-state index contributed by atoms with van der Waals surface area (Å²) in [6, 6.07) is 7.95. The number of hydrogen-bond donors (Lipinski definition) is 1. The van der Waals surface area contributed by atoms with Crippen molar-refractivity contribution >= 4 is 17.1 Å². The van der Waals surface area contributed by atoms with Crippen molar-refractivity contribution in [2.75, 3.05) is 44.6 Å². The third kappa shape index (κ3) is 4.03. The number of rotatable bonds is 7. The summed E-state index contributed by atoms with van der Waals surface area (Å²) in [5.41, 5.74) is 0.450. The molecule has 1 heterocycles. The zero-order valence-electron chi connectivity index (χ0n) is 15.9. The second-order valence-electron chi connectivity index (χ2n) is 6.41. The van der Waals surface area contributed by atoms with E-state index in [2.05, 4.69) is 10.2 Å². The minimum atomic E-state index is -0.931. The fraction of sp³-hybridized carbons (Fsp3) is 0.368. The molecule has 1 aliphatic rings. The Morgan fingerprint density at radius 1 is 1.07 bits per heavy atom. The lowest BCUT2D eigenvalue weighted by atomic mass is 10.2. The zero-order chi connectivity index (χ0) is 20.3. The number of ether oxygens (including phenoxy) is 3. The van der Waals surface area contributed by atoms with E-state index in [1.165, 1.54) is 13.2 Å². The summed E-state index contributed by atoms with van der Waals surface area (Å²) < 4.78 is 29.8. The topological polar surface area (TPSA) is 86.1 Å². The van der Waals surface area contributed by atoms with Gasteiger partial charge < -0.3 is 24.4 Å².